The van der Waals surface area contributed by atoms with Crippen LogP contribution < -0.4 is 10.6 Å². The first-order chi connectivity index (χ1) is 11.4. The number of rotatable bonds is 5. The van der Waals surface area contributed by atoms with E-state index in [-0.39, 0.29) is 48.0 Å². The van der Waals surface area contributed by atoms with E-state index in [1.807, 2.05) is 18.2 Å². The lowest BCUT2D eigenvalue weighted by molar-refractivity contribution is -0.121. The van der Waals surface area contributed by atoms with Gasteiger partial charge in [0.05, 0.1) is 17.0 Å². The Morgan fingerprint density at radius 1 is 1.29 bits per heavy atom. The summed E-state index contributed by atoms with van der Waals surface area (Å²) in [6.45, 7) is 0.158. The molecule has 9 heteroatoms. The number of sulfone groups is 1. The molecule has 0 saturated carbocycles. The maximum absolute atomic E-state index is 12.1. The predicted molar refractivity (Wildman–Crippen MR) is 88.2 cm³/mol. The van der Waals surface area contributed by atoms with Gasteiger partial charge < -0.3 is 10.6 Å². The summed E-state index contributed by atoms with van der Waals surface area (Å²) in [7, 11) is -3.02. The second kappa shape index (κ2) is 6.60. The van der Waals surface area contributed by atoms with Gasteiger partial charge in [0, 0.05) is 24.4 Å². The smallest absolute Gasteiger partial charge is 0.272 e. The summed E-state index contributed by atoms with van der Waals surface area (Å²) < 4.78 is 22.7. The molecule has 1 saturated heterocycles. The molecule has 1 aliphatic heterocycles. The summed E-state index contributed by atoms with van der Waals surface area (Å²) in [6.07, 6.45) is 0.532. The molecule has 0 spiro atoms. The van der Waals surface area contributed by atoms with Gasteiger partial charge in [-0.25, -0.2) is 8.42 Å². The average molecular weight is 350 g/mol. The van der Waals surface area contributed by atoms with Crippen LogP contribution in [0.5, 0.6) is 0 Å². The number of hydrogen-bond acceptors (Lipinski definition) is 5. The molecule has 24 heavy (non-hydrogen) atoms. The highest BCUT2D eigenvalue weighted by atomic mass is 32.2. The highest BCUT2D eigenvalue weighted by molar-refractivity contribution is 7.91. The Bertz CT molecular complexity index is 874. The van der Waals surface area contributed by atoms with Crippen LogP contribution in [-0.4, -0.2) is 54.5 Å². The molecular formula is C15H18N4O4S. The number of benzene rings is 1. The third kappa shape index (κ3) is 3.73. The van der Waals surface area contributed by atoms with E-state index in [4.69, 9.17) is 0 Å². The summed E-state index contributed by atoms with van der Waals surface area (Å²) in [6, 6.07) is 6.95. The maximum Gasteiger partial charge on any atom is 0.272 e. The van der Waals surface area contributed by atoms with E-state index in [1.165, 1.54) is 0 Å². The Morgan fingerprint density at radius 3 is 2.83 bits per heavy atom. The van der Waals surface area contributed by atoms with Gasteiger partial charge in [-0.1, -0.05) is 18.2 Å². The molecule has 0 unspecified atom stereocenters. The number of amides is 2. The van der Waals surface area contributed by atoms with E-state index in [0.717, 1.165) is 10.9 Å². The first-order valence-electron chi connectivity index (χ1n) is 7.66. The molecule has 3 rings (SSSR count). The number of nitrogens with zero attached hydrogens (tertiary/aromatic N) is 1. The molecule has 0 bridgehead atoms. The third-order valence-electron chi connectivity index (χ3n) is 3.92. The van der Waals surface area contributed by atoms with Gasteiger partial charge in [-0.05, 0) is 12.5 Å². The van der Waals surface area contributed by atoms with Crippen LogP contribution in [0.2, 0.25) is 0 Å². The molecule has 2 heterocycles. The van der Waals surface area contributed by atoms with Crippen LogP contribution in [0, 0.1) is 0 Å². The lowest BCUT2D eigenvalue weighted by Gasteiger charge is -2.10. The fraction of sp³-hybridized carbons (Fsp3) is 0.400. The van der Waals surface area contributed by atoms with Crippen molar-refractivity contribution in [3.05, 3.63) is 30.0 Å². The van der Waals surface area contributed by atoms with Crippen molar-refractivity contribution in [2.24, 2.45) is 0 Å². The van der Waals surface area contributed by atoms with E-state index >= 15 is 0 Å². The maximum atomic E-state index is 12.1. The second-order valence-corrected chi connectivity index (χ2v) is 8.02. The van der Waals surface area contributed by atoms with Crippen molar-refractivity contribution in [1.29, 1.82) is 0 Å². The molecule has 1 atom stereocenters. The minimum Gasteiger partial charge on any atom is -0.352 e. The zero-order valence-electron chi connectivity index (χ0n) is 12.9. The fourth-order valence-corrected chi connectivity index (χ4v) is 4.39. The van der Waals surface area contributed by atoms with Crippen molar-refractivity contribution in [3.8, 4) is 0 Å². The molecule has 2 aromatic rings. The molecule has 1 aromatic heterocycles. The number of carbonyl (C=O) groups is 2. The second-order valence-electron chi connectivity index (χ2n) is 5.79. The topological polar surface area (TPSA) is 121 Å². The minimum atomic E-state index is -3.02. The summed E-state index contributed by atoms with van der Waals surface area (Å²) in [5, 5.41) is 12.8. The summed E-state index contributed by atoms with van der Waals surface area (Å²) >= 11 is 0. The molecule has 1 aliphatic rings. The molecule has 8 nitrogen and oxygen atoms in total. The number of nitrogens with one attached hydrogen (secondary N) is 3. The first-order valence-corrected chi connectivity index (χ1v) is 9.48. The largest absolute Gasteiger partial charge is 0.352 e. The molecule has 3 N–H and O–H groups in total. The Balaban J connectivity index is 1.48. The van der Waals surface area contributed by atoms with Crippen LogP contribution in [0.25, 0.3) is 10.9 Å². The Morgan fingerprint density at radius 2 is 2.08 bits per heavy atom. The SMILES string of the molecule is O=C(CCNC(=O)c1n[nH]c2ccccc12)N[C@@H]1CCS(=O)(=O)C1. The van der Waals surface area contributed by atoms with Crippen LogP contribution in [-0.2, 0) is 14.6 Å². The number of aromatic nitrogens is 2. The highest BCUT2D eigenvalue weighted by Gasteiger charge is 2.28. The van der Waals surface area contributed by atoms with Crippen molar-refractivity contribution in [3.63, 3.8) is 0 Å². The van der Waals surface area contributed by atoms with Gasteiger partial charge in [-0.2, -0.15) is 5.10 Å². The summed E-state index contributed by atoms with van der Waals surface area (Å²) in [5.41, 5.74) is 1.05. The third-order valence-corrected chi connectivity index (χ3v) is 5.69. The normalized spacial score (nSPS) is 19.2. The number of H-pyrrole nitrogens is 1. The van der Waals surface area contributed by atoms with Crippen LogP contribution in [0.1, 0.15) is 23.3 Å². The Kier molecular flexibility index (Phi) is 4.52. The molecule has 1 aromatic carbocycles. The zero-order chi connectivity index (χ0) is 17.2. The Labute approximate surface area is 138 Å². The van der Waals surface area contributed by atoms with E-state index in [0.29, 0.717) is 6.42 Å². The quantitative estimate of drug-likeness (QED) is 0.700. The molecule has 2 amide bonds. The number of carbonyl (C=O) groups excluding carboxylic acids is 2. The zero-order valence-corrected chi connectivity index (χ0v) is 13.7. The van der Waals surface area contributed by atoms with Crippen LogP contribution in [0.3, 0.4) is 0 Å². The highest BCUT2D eigenvalue weighted by Crippen LogP contribution is 2.14. The molecule has 128 valence electrons. The van der Waals surface area contributed by atoms with Crippen molar-refractivity contribution in [2.75, 3.05) is 18.1 Å². The lowest BCUT2D eigenvalue weighted by atomic mass is 10.2. The van der Waals surface area contributed by atoms with Gasteiger partial charge in [0.15, 0.2) is 15.5 Å². The monoisotopic (exact) mass is 350 g/mol. The molecule has 1 fully saturated rings. The minimum absolute atomic E-state index is 0.00956. The number of para-hydroxylation sites is 1. The van der Waals surface area contributed by atoms with Crippen LogP contribution in [0.4, 0.5) is 0 Å². The lowest BCUT2D eigenvalue weighted by Crippen LogP contribution is -2.37. The van der Waals surface area contributed by atoms with Crippen LogP contribution in [0.15, 0.2) is 24.3 Å². The van der Waals surface area contributed by atoms with Gasteiger partial charge in [0.2, 0.25) is 5.91 Å². The number of aromatic amines is 1. The van der Waals surface area contributed by atoms with E-state index < -0.39 is 9.84 Å². The summed E-state index contributed by atoms with van der Waals surface area (Å²) in [4.78, 5) is 23.9. The van der Waals surface area contributed by atoms with Gasteiger partial charge in [-0.3, -0.25) is 14.7 Å². The van der Waals surface area contributed by atoms with Gasteiger partial charge in [0.25, 0.3) is 5.91 Å². The van der Waals surface area contributed by atoms with Crippen molar-refractivity contribution < 1.29 is 18.0 Å². The van der Waals surface area contributed by atoms with E-state index in [2.05, 4.69) is 20.8 Å². The first kappa shape index (κ1) is 16.4. The van der Waals surface area contributed by atoms with Gasteiger partial charge >= 0.3 is 0 Å². The standard InChI is InChI=1S/C15H18N4O4S/c20-13(17-10-6-8-24(22,23)9-10)5-7-16-15(21)14-11-3-1-2-4-12(11)18-19-14/h1-4,10H,5-9H2,(H,16,21)(H,17,20)(H,18,19)/t10-/m1/s1. The predicted octanol–water partition coefficient (Wildman–Crippen LogP) is -0.0139. The van der Waals surface area contributed by atoms with Gasteiger partial charge in [-0.15, -0.1) is 0 Å². The van der Waals surface area contributed by atoms with Crippen molar-refractivity contribution in [2.45, 2.75) is 18.9 Å². The number of hydrogen-bond donors (Lipinski definition) is 3. The molecule has 0 aliphatic carbocycles. The summed E-state index contributed by atoms with van der Waals surface area (Å²) in [5.74, 6) is -0.529. The van der Waals surface area contributed by atoms with Gasteiger partial charge in [0.1, 0.15) is 0 Å². The molecule has 0 radical (unpaired) electrons. The van der Waals surface area contributed by atoms with E-state index in [9.17, 15) is 18.0 Å². The van der Waals surface area contributed by atoms with Crippen LogP contribution >= 0.6 is 0 Å². The van der Waals surface area contributed by atoms with E-state index in [1.54, 1.807) is 6.07 Å². The average Bonchev–Trinajstić information content (AvgIpc) is 3.10. The Hall–Kier alpha value is -2.42. The van der Waals surface area contributed by atoms with Crippen molar-refractivity contribution >= 4 is 32.6 Å². The fourth-order valence-electron chi connectivity index (χ4n) is 2.72. The number of fused-ring (bicyclic) bond motifs is 1. The molecular weight excluding hydrogens is 332 g/mol. The van der Waals surface area contributed by atoms with Crippen molar-refractivity contribution in [1.82, 2.24) is 20.8 Å².